The van der Waals surface area contributed by atoms with Crippen LogP contribution in [0.1, 0.15) is 32.1 Å². The number of halogens is 3. The van der Waals surface area contributed by atoms with Crippen molar-refractivity contribution in [3.05, 3.63) is 0 Å². The van der Waals surface area contributed by atoms with Crippen molar-refractivity contribution in [1.29, 1.82) is 0 Å². The molecule has 9 heteroatoms. The van der Waals surface area contributed by atoms with Crippen LogP contribution in [0.2, 0.25) is 0 Å². The van der Waals surface area contributed by atoms with Gasteiger partial charge in [0.05, 0.1) is 0 Å². The first kappa shape index (κ1) is 15.7. The molecule has 0 saturated heterocycles. The minimum absolute atomic E-state index is 0.0833. The minimum atomic E-state index is -4.57. The highest BCUT2D eigenvalue weighted by molar-refractivity contribution is 7.87. The Labute approximate surface area is 104 Å². The molecule has 1 aliphatic rings. The number of nitrogens with one attached hydrogen (secondary N) is 2. The Hall–Kier alpha value is -0.380. The zero-order chi connectivity index (χ0) is 13.9. The molecule has 0 aromatic heterocycles. The molecule has 0 aromatic carbocycles. The zero-order valence-electron chi connectivity index (χ0n) is 9.89. The van der Waals surface area contributed by atoms with Crippen molar-refractivity contribution in [3.8, 4) is 0 Å². The van der Waals surface area contributed by atoms with Gasteiger partial charge in [-0.2, -0.15) is 31.0 Å². The second-order valence-corrected chi connectivity index (χ2v) is 6.09. The predicted molar refractivity (Wildman–Crippen MR) is 61.0 cm³/mol. The van der Waals surface area contributed by atoms with Gasteiger partial charge in [-0.3, -0.25) is 0 Å². The Morgan fingerprint density at radius 1 is 1.17 bits per heavy atom. The fraction of sp³-hybridized carbons (Fsp3) is 1.00. The molecule has 18 heavy (non-hydrogen) atoms. The SMILES string of the molecule is NCC1(NS(=O)(=O)NCC(F)(F)F)CCCCC1. The Morgan fingerprint density at radius 3 is 2.17 bits per heavy atom. The lowest BCUT2D eigenvalue weighted by Gasteiger charge is -2.36. The molecular weight excluding hydrogens is 271 g/mol. The Bertz CT molecular complexity index is 364. The lowest BCUT2D eigenvalue weighted by atomic mass is 9.83. The number of nitrogens with two attached hydrogens (primary N) is 1. The first-order valence-corrected chi connectivity index (χ1v) is 7.22. The fourth-order valence-electron chi connectivity index (χ4n) is 2.07. The van der Waals surface area contributed by atoms with Gasteiger partial charge in [-0.05, 0) is 12.8 Å². The highest BCUT2D eigenvalue weighted by atomic mass is 32.2. The van der Waals surface area contributed by atoms with Crippen LogP contribution in [0.25, 0.3) is 0 Å². The number of alkyl halides is 3. The number of hydrogen-bond donors (Lipinski definition) is 3. The van der Waals surface area contributed by atoms with Crippen LogP contribution in [0, 0.1) is 0 Å². The van der Waals surface area contributed by atoms with Gasteiger partial charge in [0.1, 0.15) is 6.54 Å². The van der Waals surface area contributed by atoms with Crippen molar-refractivity contribution >= 4 is 10.2 Å². The monoisotopic (exact) mass is 289 g/mol. The second-order valence-electron chi connectivity index (χ2n) is 4.59. The summed E-state index contributed by atoms with van der Waals surface area (Å²) in [5, 5.41) is 0. The van der Waals surface area contributed by atoms with Crippen molar-refractivity contribution in [2.45, 2.75) is 43.8 Å². The maximum Gasteiger partial charge on any atom is 0.402 e. The topological polar surface area (TPSA) is 84.2 Å². The average Bonchev–Trinajstić information content (AvgIpc) is 2.27. The van der Waals surface area contributed by atoms with Gasteiger partial charge < -0.3 is 5.73 Å². The third-order valence-corrected chi connectivity index (χ3v) is 4.24. The molecule has 108 valence electrons. The van der Waals surface area contributed by atoms with Gasteiger partial charge in [0.15, 0.2) is 0 Å². The summed E-state index contributed by atoms with van der Waals surface area (Å²) >= 11 is 0. The molecule has 1 fully saturated rings. The molecular formula is C9H18F3N3O2S. The highest BCUT2D eigenvalue weighted by Gasteiger charge is 2.36. The van der Waals surface area contributed by atoms with Gasteiger partial charge >= 0.3 is 6.18 Å². The van der Waals surface area contributed by atoms with Crippen LogP contribution in [0.4, 0.5) is 13.2 Å². The molecule has 0 heterocycles. The Balaban J connectivity index is 2.62. The summed E-state index contributed by atoms with van der Waals surface area (Å²) in [7, 11) is -4.18. The Morgan fingerprint density at radius 2 is 1.72 bits per heavy atom. The van der Waals surface area contributed by atoms with E-state index in [2.05, 4.69) is 4.72 Å². The van der Waals surface area contributed by atoms with Gasteiger partial charge in [0.25, 0.3) is 10.2 Å². The van der Waals surface area contributed by atoms with E-state index in [0.29, 0.717) is 12.8 Å². The summed E-state index contributed by atoms with van der Waals surface area (Å²) in [6.45, 7) is -1.50. The van der Waals surface area contributed by atoms with Crippen molar-refractivity contribution in [3.63, 3.8) is 0 Å². The largest absolute Gasteiger partial charge is 0.402 e. The number of hydrogen-bond acceptors (Lipinski definition) is 3. The second kappa shape index (κ2) is 5.72. The van der Waals surface area contributed by atoms with Gasteiger partial charge in [-0.25, -0.2) is 0 Å². The van der Waals surface area contributed by atoms with Gasteiger partial charge in [0, 0.05) is 12.1 Å². The van der Waals surface area contributed by atoms with Crippen molar-refractivity contribution in [2.24, 2.45) is 5.73 Å². The van der Waals surface area contributed by atoms with Crippen LogP contribution in [-0.2, 0) is 10.2 Å². The molecule has 0 bridgehead atoms. The molecule has 0 aromatic rings. The molecule has 0 amide bonds. The maximum atomic E-state index is 12.0. The van der Waals surface area contributed by atoms with Crippen LogP contribution in [0.15, 0.2) is 0 Å². The molecule has 0 aliphatic heterocycles. The first-order chi connectivity index (χ1) is 8.18. The standard InChI is InChI=1S/C9H18F3N3O2S/c10-9(11,12)7-14-18(16,17)15-8(6-13)4-2-1-3-5-8/h14-15H,1-7,13H2. The molecule has 0 spiro atoms. The van der Waals surface area contributed by atoms with Gasteiger partial charge in [0.2, 0.25) is 0 Å². The van der Waals surface area contributed by atoms with Crippen molar-refractivity contribution in [2.75, 3.05) is 13.1 Å². The van der Waals surface area contributed by atoms with E-state index in [9.17, 15) is 21.6 Å². The smallest absolute Gasteiger partial charge is 0.329 e. The Kier molecular flexibility index (Phi) is 4.98. The summed E-state index contributed by atoms with van der Waals surface area (Å²) < 4.78 is 62.7. The molecule has 4 N–H and O–H groups in total. The van der Waals surface area contributed by atoms with Crippen LogP contribution in [-0.4, -0.2) is 33.2 Å². The van der Waals surface area contributed by atoms with Crippen LogP contribution in [0.3, 0.4) is 0 Å². The van der Waals surface area contributed by atoms with Gasteiger partial charge in [-0.1, -0.05) is 19.3 Å². The van der Waals surface area contributed by atoms with E-state index in [-0.39, 0.29) is 6.54 Å². The molecule has 0 atom stereocenters. The molecule has 1 rings (SSSR count). The van der Waals surface area contributed by atoms with E-state index < -0.39 is 28.5 Å². The van der Waals surface area contributed by atoms with Crippen molar-refractivity contribution < 1.29 is 21.6 Å². The van der Waals surface area contributed by atoms with E-state index in [1.54, 1.807) is 0 Å². The average molecular weight is 289 g/mol. The van der Waals surface area contributed by atoms with Crippen LogP contribution < -0.4 is 15.2 Å². The molecule has 5 nitrogen and oxygen atoms in total. The predicted octanol–water partition coefficient (Wildman–Crippen LogP) is 0.634. The van der Waals surface area contributed by atoms with E-state index in [0.717, 1.165) is 19.3 Å². The zero-order valence-corrected chi connectivity index (χ0v) is 10.7. The minimum Gasteiger partial charge on any atom is -0.329 e. The van der Waals surface area contributed by atoms with E-state index in [1.807, 2.05) is 0 Å². The lowest BCUT2D eigenvalue weighted by molar-refractivity contribution is -0.121. The van der Waals surface area contributed by atoms with Gasteiger partial charge in [-0.15, -0.1) is 0 Å². The van der Waals surface area contributed by atoms with Crippen LogP contribution >= 0.6 is 0 Å². The molecule has 0 unspecified atom stereocenters. The maximum absolute atomic E-state index is 12.0. The normalized spacial score (nSPS) is 20.9. The third-order valence-electron chi connectivity index (χ3n) is 3.01. The summed E-state index contributed by atoms with van der Waals surface area (Å²) in [5.41, 5.74) is 4.74. The van der Waals surface area contributed by atoms with Crippen LogP contribution in [0.5, 0.6) is 0 Å². The molecule has 1 aliphatic carbocycles. The summed E-state index contributed by atoms with van der Waals surface area (Å²) in [6, 6.07) is 0. The molecule has 1 saturated carbocycles. The summed E-state index contributed by atoms with van der Waals surface area (Å²) in [5.74, 6) is 0. The summed E-state index contributed by atoms with van der Waals surface area (Å²) in [4.78, 5) is 0. The fourth-order valence-corrected chi connectivity index (χ4v) is 3.36. The van der Waals surface area contributed by atoms with Crippen molar-refractivity contribution in [1.82, 2.24) is 9.44 Å². The van der Waals surface area contributed by atoms with E-state index >= 15 is 0 Å². The quantitative estimate of drug-likeness (QED) is 0.694. The highest BCUT2D eigenvalue weighted by Crippen LogP contribution is 2.27. The van der Waals surface area contributed by atoms with E-state index in [1.165, 1.54) is 4.72 Å². The summed E-state index contributed by atoms with van der Waals surface area (Å²) in [6.07, 6.45) is -0.846. The lowest BCUT2D eigenvalue weighted by Crippen LogP contribution is -2.58. The first-order valence-electron chi connectivity index (χ1n) is 5.73. The number of rotatable bonds is 5. The van der Waals surface area contributed by atoms with E-state index in [4.69, 9.17) is 5.73 Å². The third kappa shape index (κ3) is 5.09. The molecule has 0 radical (unpaired) electrons.